The van der Waals surface area contributed by atoms with Crippen LogP contribution in [0.3, 0.4) is 0 Å². The van der Waals surface area contributed by atoms with Gasteiger partial charge in [0.2, 0.25) is 5.91 Å². The molecule has 0 aliphatic carbocycles. The summed E-state index contributed by atoms with van der Waals surface area (Å²) in [6.07, 6.45) is 0.171. The highest BCUT2D eigenvalue weighted by atomic mass is 35.5. The van der Waals surface area contributed by atoms with Crippen molar-refractivity contribution in [1.82, 2.24) is 4.90 Å². The van der Waals surface area contributed by atoms with Crippen LogP contribution in [-0.4, -0.2) is 23.4 Å². The number of carbonyl (C=O) groups excluding carboxylic acids is 1. The number of carbonyl (C=O) groups is 1. The first-order valence-electron chi connectivity index (χ1n) is 6.06. The van der Waals surface area contributed by atoms with Crippen LogP contribution in [0, 0.1) is 17.1 Å². The van der Waals surface area contributed by atoms with Crippen molar-refractivity contribution in [3.8, 4) is 6.07 Å². The number of benzene rings is 1. The standard InChI is InChI=1S/C14H16ClFN2O/c1-10(2)18(8-4-7-17)14(19)9-11-12(15)5-3-6-13(11)16/h3,5-6,10H,4,8-9H2,1-2H3. The van der Waals surface area contributed by atoms with Crippen molar-refractivity contribution in [2.24, 2.45) is 0 Å². The fourth-order valence-corrected chi connectivity index (χ4v) is 2.03. The van der Waals surface area contributed by atoms with E-state index in [1.165, 1.54) is 12.1 Å². The molecule has 0 spiro atoms. The molecule has 0 saturated heterocycles. The molecule has 0 N–H and O–H groups in total. The van der Waals surface area contributed by atoms with Crippen molar-refractivity contribution in [2.75, 3.05) is 6.54 Å². The van der Waals surface area contributed by atoms with Crippen LogP contribution >= 0.6 is 11.6 Å². The van der Waals surface area contributed by atoms with Gasteiger partial charge in [0, 0.05) is 23.2 Å². The van der Waals surface area contributed by atoms with E-state index in [4.69, 9.17) is 16.9 Å². The SMILES string of the molecule is CC(C)N(CCC#N)C(=O)Cc1c(F)cccc1Cl. The number of halogens is 2. The molecular formula is C14H16ClFN2O. The maximum Gasteiger partial charge on any atom is 0.227 e. The Kier molecular flexibility index (Phi) is 5.78. The summed E-state index contributed by atoms with van der Waals surface area (Å²) < 4.78 is 13.6. The summed E-state index contributed by atoms with van der Waals surface area (Å²) in [4.78, 5) is 13.7. The maximum atomic E-state index is 13.6. The highest BCUT2D eigenvalue weighted by Gasteiger charge is 2.19. The minimum atomic E-state index is -0.482. The fourth-order valence-electron chi connectivity index (χ4n) is 1.80. The van der Waals surface area contributed by atoms with E-state index < -0.39 is 5.82 Å². The Bertz CT molecular complexity index is 476. The average molecular weight is 283 g/mol. The van der Waals surface area contributed by atoms with E-state index in [1.807, 2.05) is 19.9 Å². The summed E-state index contributed by atoms with van der Waals surface area (Å²) >= 11 is 5.90. The number of amides is 1. The zero-order valence-electron chi connectivity index (χ0n) is 11.0. The molecule has 19 heavy (non-hydrogen) atoms. The molecule has 0 aliphatic rings. The lowest BCUT2D eigenvalue weighted by atomic mass is 10.1. The highest BCUT2D eigenvalue weighted by molar-refractivity contribution is 6.31. The molecule has 0 bridgehead atoms. The normalized spacial score (nSPS) is 10.3. The van der Waals surface area contributed by atoms with Crippen LogP contribution in [0.1, 0.15) is 25.8 Å². The van der Waals surface area contributed by atoms with E-state index in [0.29, 0.717) is 6.54 Å². The molecule has 5 heteroatoms. The number of hydrogen-bond donors (Lipinski definition) is 0. The molecule has 0 aliphatic heterocycles. The molecule has 1 aromatic carbocycles. The highest BCUT2D eigenvalue weighted by Crippen LogP contribution is 2.20. The van der Waals surface area contributed by atoms with Gasteiger partial charge in [-0.1, -0.05) is 17.7 Å². The molecule has 0 radical (unpaired) electrons. The summed E-state index contributed by atoms with van der Waals surface area (Å²) in [6, 6.07) is 6.31. The van der Waals surface area contributed by atoms with E-state index >= 15 is 0 Å². The molecule has 0 heterocycles. The van der Waals surface area contributed by atoms with Crippen LogP contribution in [0.2, 0.25) is 5.02 Å². The topological polar surface area (TPSA) is 44.1 Å². The Morgan fingerprint density at radius 3 is 2.74 bits per heavy atom. The van der Waals surface area contributed by atoms with E-state index in [0.717, 1.165) is 0 Å². The zero-order valence-corrected chi connectivity index (χ0v) is 11.7. The van der Waals surface area contributed by atoms with Gasteiger partial charge in [-0.15, -0.1) is 0 Å². The number of rotatable bonds is 5. The van der Waals surface area contributed by atoms with Gasteiger partial charge >= 0.3 is 0 Å². The average Bonchev–Trinajstić information content (AvgIpc) is 2.34. The van der Waals surface area contributed by atoms with Gasteiger partial charge in [-0.25, -0.2) is 4.39 Å². The van der Waals surface area contributed by atoms with Crippen molar-refractivity contribution in [2.45, 2.75) is 32.7 Å². The second-order valence-electron chi connectivity index (χ2n) is 4.47. The second-order valence-corrected chi connectivity index (χ2v) is 4.87. The molecule has 1 aromatic rings. The first kappa shape index (κ1) is 15.5. The van der Waals surface area contributed by atoms with Gasteiger partial charge in [-0.3, -0.25) is 4.79 Å². The minimum absolute atomic E-state index is 0.0357. The lowest BCUT2D eigenvalue weighted by Gasteiger charge is -2.26. The van der Waals surface area contributed by atoms with Crippen molar-refractivity contribution in [1.29, 1.82) is 5.26 Å². The third kappa shape index (κ3) is 4.22. The smallest absolute Gasteiger partial charge is 0.227 e. The first-order chi connectivity index (χ1) is 8.97. The van der Waals surface area contributed by atoms with Crippen molar-refractivity contribution >= 4 is 17.5 Å². The Morgan fingerprint density at radius 1 is 1.53 bits per heavy atom. The summed E-state index contributed by atoms with van der Waals surface area (Å²) in [5.41, 5.74) is 0.205. The lowest BCUT2D eigenvalue weighted by Crippen LogP contribution is -2.38. The van der Waals surface area contributed by atoms with Gasteiger partial charge < -0.3 is 4.90 Å². The number of hydrogen-bond acceptors (Lipinski definition) is 2. The largest absolute Gasteiger partial charge is 0.339 e. The van der Waals surface area contributed by atoms with Crippen LogP contribution in [-0.2, 0) is 11.2 Å². The number of nitriles is 1. The number of nitrogens with zero attached hydrogens (tertiary/aromatic N) is 2. The summed E-state index contributed by atoms with van der Waals surface area (Å²) in [5, 5.41) is 8.84. The van der Waals surface area contributed by atoms with Gasteiger partial charge in [0.25, 0.3) is 0 Å². The monoisotopic (exact) mass is 282 g/mol. The van der Waals surface area contributed by atoms with Gasteiger partial charge in [0.1, 0.15) is 5.82 Å². The Hall–Kier alpha value is -1.60. The Balaban J connectivity index is 2.85. The van der Waals surface area contributed by atoms with Crippen LogP contribution < -0.4 is 0 Å². The third-order valence-corrected chi connectivity index (χ3v) is 3.15. The minimum Gasteiger partial charge on any atom is -0.339 e. The molecule has 0 aromatic heterocycles. The predicted molar refractivity (Wildman–Crippen MR) is 72.2 cm³/mol. The van der Waals surface area contributed by atoms with Crippen LogP contribution in [0.4, 0.5) is 4.39 Å². The molecule has 0 unspecified atom stereocenters. The van der Waals surface area contributed by atoms with Gasteiger partial charge in [-0.05, 0) is 26.0 Å². The maximum absolute atomic E-state index is 13.6. The molecule has 0 fully saturated rings. The third-order valence-electron chi connectivity index (χ3n) is 2.80. The molecular weight excluding hydrogens is 267 g/mol. The molecule has 102 valence electrons. The fraction of sp³-hybridized carbons (Fsp3) is 0.429. The van der Waals surface area contributed by atoms with Crippen LogP contribution in [0.25, 0.3) is 0 Å². The van der Waals surface area contributed by atoms with E-state index in [-0.39, 0.29) is 35.4 Å². The second kappa shape index (κ2) is 7.10. The first-order valence-corrected chi connectivity index (χ1v) is 6.44. The molecule has 0 atom stereocenters. The molecule has 1 amide bonds. The van der Waals surface area contributed by atoms with Crippen molar-refractivity contribution < 1.29 is 9.18 Å². The van der Waals surface area contributed by atoms with Gasteiger partial charge in [-0.2, -0.15) is 5.26 Å². The molecule has 3 nitrogen and oxygen atoms in total. The van der Waals surface area contributed by atoms with Crippen LogP contribution in [0.15, 0.2) is 18.2 Å². The van der Waals surface area contributed by atoms with E-state index in [9.17, 15) is 9.18 Å². The zero-order chi connectivity index (χ0) is 14.4. The van der Waals surface area contributed by atoms with Gasteiger partial charge in [0.15, 0.2) is 0 Å². The summed E-state index contributed by atoms with van der Waals surface area (Å²) in [7, 11) is 0. The quantitative estimate of drug-likeness (QED) is 0.832. The van der Waals surface area contributed by atoms with Crippen molar-refractivity contribution in [3.63, 3.8) is 0 Å². The Morgan fingerprint density at radius 2 is 2.21 bits per heavy atom. The summed E-state index contributed by atoms with van der Waals surface area (Å²) in [5.74, 6) is -0.706. The predicted octanol–water partition coefficient (Wildman–Crippen LogP) is 3.17. The van der Waals surface area contributed by atoms with E-state index in [1.54, 1.807) is 11.0 Å². The molecule has 0 saturated carbocycles. The van der Waals surface area contributed by atoms with Gasteiger partial charge in [0.05, 0.1) is 18.9 Å². The van der Waals surface area contributed by atoms with Crippen molar-refractivity contribution in [3.05, 3.63) is 34.6 Å². The molecule has 1 rings (SSSR count). The summed E-state index contributed by atoms with van der Waals surface area (Å²) in [6.45, 7) is 4.07. The Labute approximate surface area is 117 Å². The van der Waals surface area contributed by atoms with Crippen LogP contribution in [0.5, 0.6) is 0 Å². The lowest BCUT2D eigenvalue weighted by molar-refractivity contribution is -0.132. The van der Waals surface area contributed by atoms with E-state index in [2.05, 4.69) is 0 Å².